The molecule has 2 nitrogen and oxygen atoms in total. The highest BCUT2D eigenvalue weighted by Gasteiger charge is 2.11. The third-order valence-electron chi connectivity index (χ3n) is 1.32. The van der Waals surface area contributed by atoms with Gasteiger partial charge in [0, 0.05) is 5.02 Å². The molecule has 0 aromatic heterocycles. The first kappa shape index (κ1) is 9.84. The van der Waals surface area contributed by atoms with Gasteiger partial charge in [-0.25, -0.2) is 8.42 Å². The van der Waals surface area contributed by atoms with E-state index in [-0.39, 0.29) is 4.90 Å². The van der Waals surface area contributed by atoms with Gasteiger partial charge in [0.2, 0.25) is 0 Å². The second-order valence-corrected chi connectivity index (χ2v) is 5.19. The van der Waals surface area contributed by atoms with Crippen molar-refractivity contribution in [2.75, 3.05) is 5.21 Å². The predicted molar refractivity (Wildman–Crippen MR) is 49.4 cm³/mol. The van der Waals surface area contributed by atoms with Gasteiger partial charge in [-0.2, -0.15) is 0 Å². The van der Waals surface area contributed by atoms with Crippen molar-refractivity contribution in [2.24, 2.45) is 0 Å². The molecule has 0 aliphatic carbocycles. The lowest BCUT2D eigenvalue weighted by molar-refractivity contribution is 0.600. The summed E-state index contributed by atoms with van der Waals surface area (Å²) in [7, 11) is -3.31. The van der Waals surface area contributed by atoms with Gasteiger partial charge in [-0.05, 0) is 24.3 Å². The van der Waals surface area contributed by atoms with Gasteiger partial charge in [0.05, 0.1) is 4.90 Å². The molecule has 0 N–H and O–H groups in total. The van der Waals surface area contributed by atoms with Crippen LogP contribution in [-0.2, 0) is 9.84 Å². The number of sulfone groups is 1. The first-order valence-electron chi connectivity index (χ1n) is 3.10. The molecule has 0 fully saturated rings. The fourth-order valence-corrected chi connectivity index (χ4v) is 1.89. The fourth-order valence-electron chi connectivity index (χ4n) is 0.705. The molecule has 0 unspecified atom stereocenters. The SMILES string of the molecule is O=S(=O)(CCl)c1ccc(Cl)cc1. The first-order valence-corrected chi connectivity index (χ1v) is 5.67. The third kappa shape index (κ3) is 2.12. The van der Waals surface area contributed by atoms with E-state index in [4.69, 9.17) is 23.2 Å². The Morgan fingerprint density at radius 2 is 1.67 bits per heavy atom. The molecule has 0 aliphatic heterocycles. The van der Waals surface area contributed by atoms with Crippen LogP contribution in [0.5, 0.6) is 0 Å². The first-order chi connectivity index (χ1) is 5.56. The summed E-state index contributed by atoms with van der Waals surface area (Å²) >= 11 is 10.8. The molecule has 5 heteroatoms. The van der Waals surface area contributed by atoms with E-state index in [9.17, 15) is 8.42 Å². The number of halogens is 2. The van der Waals surface area contributed by atoms with E-state index in [1.165, 1.54) is 24.3 Å². The predicted octanol–water partition coefficient (Wildman–Crippen LogP) is 2.31. The summed E-state index contributed by atoms with van der Waals surface area (Å²) in [6.45, 7) is 0. The Labute approximate surface area is 81.0 Å². The van der Waals surface area contributed by atoms with Crippen LogP contribution < -0.4 is 0 Å². The second kappa shape index (κ2) is 3.64. The molecule has 12 heavy (non-hydrogen) atoms. The molecule has 0 bridgehead atoms. The average Bonchev–Trinajstić information content (AvgIpc) is 2.05. The van der Waals surface area contributed by atoms with E-state index in [2.05, 4.69) is 0 Å². The van der Waals surface area contributed by atoms with Gasteiger partial charge < -0.3 is 0 Å². The normalized spacial score (nSPS) is 11.5. The van der Waals surface area contributed by atoms with Gasteiger partial charge in [0.25, 0.3) is 0 Å². The highest BCUT2D eigenvalue weighted by atomic mass is 35.5. The summed E-state index contributed by atoms with van der Waals surface area (Å²) in [6.07, 6.45) is 0. The third-order valence-corrected chi connectivity index (χ3v) is 3.71. The van der Waals surface area contributed by atoms with Crippen molar-refractivity contribution in [1.29, 1.82) is 0 Å². The molecule has 0 saturated carbocycles. The summed E-state index contributed by atoms with van der Waals surface area (Å²) in [5.74, 6) is 0. The average molecular weight is 225 g/mol. The highest BCUT2D eigenvalue weighted by molar-refractivity contribution is 7.92. The van der Waals surface area contributed by atoms with E-state index >= 15 is 0 Å². The molecule has 66 valence electrons. The minimum absolute atomic E-state index is 0.196. The molecule has 0 atom stereocenters. The lowest BCUT2D eigenvalue weighted by Crippen LogP contribution is -2.00. The summed E-state index contributed by atoms with van der Waals surface area (Å²) in [6, 6.07) is 5.89. The number of rotatable bonds is 2. The quantitative estimate of drug-likeness (QED) is 0.723. The van der Waals surface area contributed by atoms with Crippen LogP contribution in [0.15, 0.2) is 29.2 Å². The molecule has 1 aromatic carbocycles. The van der Waals surface area contributed by atoms with Crippen molar-refractivity contribution in [2.45, 2.75) is 4.90 Å². The maximum atomic E-state index is 11.1. The zero-order valence-corrected chi connectivity index (χ0v) is 8.33. The minimum atomic E-state index is -3.31. The zero-order valence-electron chi connectivity index (χ0n) is 6.00. The topological polar surface area (TPSA) is 34.1 Å². The van der Waals surface area contributed by atoms with Gasteiger partial charge >= 0.3 is 0 Å². The van der Waals surface area contributed by atoms with E-state index in [0.29, 0.717) is 5.02 Å². The number of alkyl halides is 1. The Morgan fingerprint density at radius 1 is 1.17 bits per heavy atom. The van der Waals surface area contributed by atoms with Crippen molar-refractivity contribution in [3.05, 3.63) is 29.3 Å². The summed E-state index contributed by atoms with van der Waals surface area (Å²) < 4.78 is 22.3. The van der Waals surface area contributed by atoms with E-state index < -0.39 is 15.0 Å². The van der Waals surface area contributed by atoms with Crippen molar-refractivity contribution in [3.8, 4) is 0 Å². The molecule has 0 aliphatic rings. The molecule has 0 spiro atoms. The fraction of sp³-hybridized carbons (Fsp3) is 0.143. The molecule has 1 aromatic rings. The number of benzene rings is 1. The van der Waals surface area contributed by atoms with Crippen LogP contribution in [0.3, 0.4) is 0 Å². The number of hydrogen-bond acceptors (Lipinski definition) is 2. The van der Waals surface area contributed by atoms with Crippen LogP contribution in [0.1, 0.15) is 0 Å². The Morgan fingerprint density at radius 3 is 2.08 bits per heavy atom. The molecule has 0 saturated heterocycles. The maximum Gasteiger partial charge on any atom is 0.192 e. The van der Waals surface area contributed by atoms with Gasteiger partial charge in [0.1, 0.15) is 5.21 Å². The smallest absolute Gasteiger partial charge is 0.192 e. The molecule has 0 heterocycles. The minimum Gasteiger partial charge on any atom is -0.222 e. The zero-order chi connectivity index (χ0) is 9.19. The maximum absolute atomic E-state index is 11.1. The largest absolute Gasteiger partial charge is 0.222 e. The van der Waals surface area contributed by atoms with Crippen molar-refractivity contribution in [3.63, 3.8) is 0 Å². The Balaban J connectivity index is 3.14. The summed E-state index contributed by atoms with van der Waals surface area (Å²) in [5.41, 5.74) is 0. The Hall–Kier alpha value is -0.250. The Kier molecular flexibility index (Phi) is 2.99. The van der Waals surface area contributed by atoms with Gasteiger partial charge in [-0.15, -0.1) is 11.6 Å². The second-order valence-electron chi connectivity index (χ2n) is 2.18. The van der Waals surface area contributed by atoms with Crippen LogP contribution in [0.25, 0.3) is 0 Å². The molecular weight excluding hydrogens is 219 g/mol. The van der Waals surface area contributed by atoms with Crippen LogP contribution >= 0.6 is 23.2 Å². The highest BCUT2D eigenvalue weighted by Crippen LogP contribution is 2.15. The van der Waals surface area contributed by atoms with Crippen LogP contribution in [0.4, 0.5) is 0 Å². The summed E-state index contributed by atoms with van der Waals surface area (Å²) in [5, 5.41) is 0.0952. The van der Waals surface area contributed by atoms with Gasteiger partial charge in [-0.3, -0.25) is 0 Å². The molecule has 0 amide bonds. The lowest BCUT2D eigenvalue weighted by atomic mass is 10.4. The van der Waals surface area contributed by atoms with Gasteiger partial charge in [-0.1, -0.05) is 11.6 Å². The molecular formula is C7H6Cl2O2S. The van der Waals surface area contributed by atoms with E-state index in [1.807, 2.05) is 0 Å². The van der Waals surface area contributed by atoms with Gasteiger partial charge in [0.15, 0.2) is 9.84 Å². The van der Waals surface area contributed by atoms with Crippen LogP contribution in [0, 0.1) is 0 Å². The van der Waals surface area contributed by atoms with Crippen LogP contribution in [-0.4, -0.2) is 13.6 Å². The van der Waals surface area contributed by atoms with Crippen molar-refractivity contribution < 1.29 is 8.42 Å². The van der Waals surface area contributed by atoms with E-state index in [1.54, 1.807) is 0 Å². The van der Waals surface area contributed by atoms with E-state index in [0.717, 1.165) is 0 Å². The lowest BCUT2D eigenvalue weighted by Gasteiger charge is -1.98. The van der Waals surface area contributed by atoms with Crippen molar-refractivity contribution in [1.82, 2.24) is 0 Å². The standard InChI is InChI=1S/C7H6Cl2O2S/c8-5-12(10,11)7-3-1-6(9)2-4-7/h1-4H,5H2. The summed E-state index contributed by atoms with van der Waals surface area (Å²) in [4.78, 5) is 0.196. The molecule has 1 rings (SSSR count). The Bertz CT molecular complexity index is 355. The van der Waals surface area contributed by atoms with Crippen LogP contribution in [0.2, 0.25) is 5.02 Å². The monoisotopic (exact) mass is 224 g/mol. The van der Waals surface area contributed by atoms with Crippen molar-refractivity contribution >= 4 is 33.0 Å². The molecule has 0 radical (unpaired) electrons. The number of hydrogen-bond donors (Lipinski definition) is 0.